The Hall–Kier alpha value is -1.40. The number of aliphatic hydroxyl groups is 1. The average Bonchev–Trinajstić information content (AvgIpc) is 2.25. The van der Waals surface area contributed by atoms with E-state index in [0.29, 0.717) is 18.2 Å². The SMILES string of the molecule is CC(C)Oc1cc(NCC(N)C(C)O)ncn1. The third-order valence-electron chi connectivity index (χ3n) is 2.14. The van der Waals surface area contributed by atoms with Crippen LogP contribution in [-0.2, 0) is 0 Å². The second kappa shape index (κ2) is 6.36. The summed E-state index contributed by atoms with van der Waals surface area (Å²) in [6.45, 7) is 5.95. The van der Waals surface area contributed by atoms with Crippen LogP contribution < -0.4 is 15.8 Å². The molecule has 0 radical (unpaired) electrons. The first-order chi connectivity index (χ1) is 7.99. The number of nitrogens with one attached hydrogen (secondary N) is 1. The van der Waals surface area contributed by atoms with Crippen LogP contribution in [0.25, 0.3) is 0 Å². The molecule has 0 aromatic carbocycles. The fourth-order valence-electron chi connectivity index (χ4n) is 1.14. The van der Waals surface area contributed by atoms with Crippen molar-refractivity contribution in [3.63, 3.8) is 0 Å². The molecule has 0 fully saturated rings. The zero-order valence-corrected chi connectivity index (χ0v) is 10.4. The van der Waals surface area contributed by atoms with Crippen molar-refractivity contribution < 1.29 is 9.84 Å². The summed E-state index contributed by atoms with van der Waals surface area (Å²) >= 11 is 0. The summed E-state index contributed by atoms with van der Waals surface area (Å²) in [4.78, 5) is 8.03. The minimum Gasteiger partial charge on any atom is -0.475 e. The molecular formula is C11H20N4O2. The number of rotatable bonds is 6. The van der Waals surface area contributed by atoms with Crippen molar-refractivity contribution in [2.45, 2.75) is 39.0 Å². The van der Waals surface area contributed by atoms with Gasteiger partial charge in [-0.2, -0.15) is 0 Å². The number of ether oxygens (including phenoxy) is 1. The molecule has 4 N–H and O–H groups in total. The molecule has 6 nitrogen and oxygen atoms in total. The number of hydrogen-bond donors (Lipinski definition) is 3. The van der Waals surface area contributed by atoms with Gasteiger partial charge in [0.1, 0.15) is 12.1 Å². The fraction of sp³-hybridized carbons (Fsp3) is 0.636. The van der Waals surface area contributed by atoms with E-state index < -0.39 is 6.10 Å². The van der Waals surface area contributed by atoms with E-state index in [0.717, 1.165) is 0 Å². The van der Waals surface area contributed by atoms with Gasteiger partial charge < -0.3 is 20.9 Å². The Morgan fingerprint density at radius 1 is 1.41 bits per heavy atom. The lowest BCUT2D eigenvalue weighted by Gasteiger charge is -2.16. The Morgan fingerprint density at radius 2 is 2.12 bits per heavy atom. The van der Waals surface area contributed by atoms with E-state index in [4.69, 9.17) is 10.5 Å². The lowest BCUT2D eigenvalue weighted by Crippen LogP contribution is -2.38. The second-order valence-electron chi connectivity index (χ2n) is 4.19. The molecule has 0 aliphatic heterocycles. The zero-order chi connectivity index (χ0) is 12.8. The number of aliphatic hydroxyl groups excluding tert-OH is 1. The molecule has 0 saturated carbocycles. The maximum Gasteiger partial charge on any atom is 0.218 e. The summed E-state index contributed by atoms with van der Waals surface area (Å²) in [5.74, 6) is 1.15. The summed E-state index contributed by atoms with van der Waals surface area (Å²) in [6, 6.07) is 1.37. The zero-order valence-electron chi connectivity index (χ0n) is 10.4. The van der Waals surface area contributed by atoms with Crippen molar-refractivity contribution in [3.05, 3.63) is 12.4 Å². The van der Waals surface area contributed by atoms with Gasteiger partial charge in [0.15, 0.2) is 0 Å². The number of nitrogens with zero attached hydrogens (tertiary/aromatic N) is 2. The summed E-state index contributed by atoms with van der Waals surface area (Å²) in [5, 5.41) is 12.3. The first kappa shape index (κ1) is 13.7. The highest BCUT2D eigenvalue weighted by atomic mass is 16.5. The van der Waals surface area contributed by atoms with Gasteiger partial charge in [0.25, 0.3) is 0 Å². The molecule has 96 valence electrons. The lowest BCUT2D eigenvalue weighted by molar-refractivity contribution is 0.168. The van der Waals surface area contributed by atoms with Crippen LogP contribution >= 0.6 is 0 Å². The third kappa shape index (κ3) is 4.97. The quantitative estimate of drug-likeness (QED) is 0.665. The summed E-state index contributed by atoms with van der Waals surface area (Å²) < 4.78 is 5.44. The standard InChI is InChI=1S/C11H20N4O2/c1-7(2)17-11-4-10(14-6-15-11)13-5-9(12)8(3)16/h4,6-9,16H,5,12H2,1-3H3,(H,13,14,15). The highest BCUT2D eigenvalue weighted by Gasteiger charge is 2.09. The van der Waals surface area contributed by atoms with Crippen molar-refractivity contribution >= 4 is 5.82 Å². The first-order valence-electron chi connectivity index (χ1n) is 5.65. The average molecular weight is 240 g/mol. The molecule has 2 unspecified atom stereocenters. The summed E-state index contributed by atoms with van der Waals surface area (Å²) in [5.41, 5.74) is 5.70. The maximum atomic E-state index is 9.25. The Bertz CT molecular complexity index is 344. The monoisotopic (exact) mass is 240 g/mol. The van der Waals surface area contributed by atoms with Crippen LogP contribution in [-0.4, -0.2) is 39.9 Å². The van der Waals surface area contributed by atoms with E-state index in [2.05, 4.69) is 15.3 Å². The topological polar surface area (TPSA) is 93.3 Å². The maximum absolute atomic E-state index is 9.25. The van der Waals surface area contributed by atoms with Gasteiger partial charge in [-0.15, -0.1) is 0 Å². The fourth-order valence-corrected chi connectivity index (χ4v) is 1.14. The predicted molar refractivity (Wildman–Crippen MR) is 65.9 cm³/mol. The van der Waals surface area contributed by atoms with E-state index in [-0.39, 0.29) is 12.1 Å². The van der Waals surface area contributed by atoms with Crippen LogP contribution in [0.1, 0.15) is 20.8 Å². The van der Waals surface area contributed by atoms with E-state index >= 15 is 0 Å². The van der Waals surface area contributed by atoms with E-state index in [1.54, 1.807) is 13.0 Å². The second-order valence-corrected chi connectivity index (χ2v) is 4.19. The van der Waals surface area contributed by atoms with Crippen molar-refractivity contribution in [3.8, 4) is 5.88 Å². The Kier molecular flexibility index (Phi) is 5.11. The highest BCUT2D eigenvalue weighted by Crippen LogP contribution is 2.12. The molecule has 0 aliphatic carbocycles. The van der Waals surface area contributed by atoms with Gasteiger partial charge in [-0.3, -0.25) is 0 Å². The number of aromatic nitrogens is 2. The molecular weight excluding hydrogens is 220 g/mol. The molecule has 1 aromatic heterocycles. The van der Waals surface area contributed by atoms with E-state index in [1.807, 2.05) is 13.8 Å². The molecule has 1 heterocycles. The Morgan fingerprint density at radius 3 is 2.71 bits per heavy atom. The van der Waals surface area contributed by atoms with Gasteiger partial charge in [0.2, 0.25) is 5.88 Å². The highest BCUT2D eigenvalue weighted by molar-refractivity contribution is 5.37. The van der Waals surface area contributed by atoms with Crippen LogP contribution in [0.4, 0.5) is 5.82 Å². The largest absolute Gasteiger partial charge is 0.475 e. The molecule has 0 bridgehead atoms. The Labute approximate surface area is 101 Å². The molecule has 0 aliphatic rings. The number of anilines is 1. The lowest BCUT2D eigenvalue weighted by atomic mass is 10.2. The predicted octanol–water partition coefficient (Wildman–Crippen LogP) is 0.384. The third-order valence-corrected chi connectivity index (χ3v) is 2.14. The molecule has 0 saturated heterocycles. The van der Waals surface area contributed by atoms with Crippen LogP contribution in [0, 0.1) is 0 Å². The smallest absolute Gasteiger partial charge is 0.218 e. The normalized spacial score (nSPS) is 14.5. The van der Waals surface area contributed by atoms with Crippen molar-refractivity contribution in [1.29, 1.82) is 0 Å². The molecule has 0 amide bonds. The van der Waals surface area contributed by atoms with Crippen molar-refractivity contribution in [2.75, 3.05) is 11.9 Å². The van der Waals surface area contributed by atoms with Gasteiger partial charge in [0.05, 0.1) is 12.2 Å². The first-order valence-corrected chi connectivity index (χ1v) is 5.65. The molecule has 2 atom stereocenters. The van der Waals surface area contributed by atoms with Crippen LogP contribution in [0.2, 0.25) is 0 Å². The van der Waals surface area contributed by atoms with Crippen molar-refractivity contribution in [2.24, 2.45) is 5.73 Å². The minimum absolute atomic E-state index is 0.0671. The van der Waals surface area contributed by atoms with E-state index in [9.17, 15) is 5.11 Å². The Balaban J connectivity index is 2.54. The molecule has 17 heavy (non-hydrogen) atoms. The van der Waals surface area contributed by atoms with Gasteiger partial charge >= 0.3 is 0 Å². The summed E-state index contributed by atoms with van der Waals surface area (Å²) in [6.07, 6.45) is 0.932. The number of nitrogens with two attached hydrogens (primary N) is 1. The van der Waals surface area contributed by atoms with Gasteiger partial charge in [0, 0.05) is 18.7 Å². The van der Waals surface area contributed by atoms with E-state index in [1.165, 1.54) is 6.33 Å². The summed E-state index contributed by atoms with van der Waals surface area (Å²) in [7, 11) is 0. The number of hydrogen-bond acceptors (Lipinski definition) is 6. The van der Waals surface area contributed by atoms with Crippen LogP contribution in [0.5, 0.6) is 5.88 Å². The van der Waals surface area contributed by atoms with Gasteiger partial charge in [-0.05, 0) is 20.8 Å². The van der Waals surface area contributed by atoms with Crippen molar-refractivity contribution in [1.82, 2.24) is 9.97 Å². The van der Waals surface area contributed by atoms with Gasteiger partial charge in [-0.1, -0.05) is 0 Å². The van der Waals surface area contributed by atoms with Crippen LogP contribution in [0.15, 0.2) is 12.4 Å². The minimum atomic E-state index is -0.560. The molecule has 1 aromatic rings. The van der Waals surface area contributed by atoms with Crippen LogP contribution in [0.3, 0.4) is 0 Å². The molecule has 6 heteroatoms. The molecule has 1 rings (SSSR count). The van der Waals surface area contributed by atoms with Gasteiger partial charge in [-0.25, -0.2) is 9.97 Å². The molecule has 0 spiro atoms.